The van der Waals surface area contributed by atoms with E-state index in [-0.39, 0.29) is 23.0 Å². The van der Waals surface area contributed by atoms with Crippen LogP contribution in [0.3, 0.4) is 0 Å². The van der Waals surface area contributed by atoms with Crippen LogP contribution in [-0.4, -0.2) is 49.2 Å². The van der Waals surface area contributed by atoms with Gasteiger partial charge in [-0.15, -0.1) is 21.5 Å². The third-order valence-corrected chi connectivity index (χ3v) is 7.72. The Morgan fingerprint density at radius 1 is 1.26 bits per heavy atom. The lowest BCUT2D eigenvalue weighted by Crippen LogP contribution is -2.31. The molecule has 0 spiro atoms. The number of amides is 1. The van der Waals surface area contributed by atoms with Gasteiger partial charge in [-0.25, -0.2) is 4.40 Å². The second kappa shape index (κ2) is 9.21. The summed E-state index contributed by atoms with van der Waals surface area (Å²) in [6, 6.07) is 7.21. The van der Waals surface area contributed by atoms with E-state index in [0.29, 0.717) is 41.3 Å². The van der Waals surface area contributed by atoms with E-state index >= 15 is 0 Å². The molecule has 1 amide bonds. The minimum Gasteiger partial charge on any atom is -0.465 e. The first kappa shape index (κ1) is 23.7. The standard InChI is InChI=1S/C24H25N5O4S2/c1-5-32-22-26-21-19(16-10-24(3,4)33-11-17(16)35-21)20-27-28-23(29(20)22)34-12-18(31)25-15-8-6-14(7-9-15)13(2)30/h6-9H,5,10-12H2,1-4H3,(H,25,31). The summed E-state index contributed by atoms with van der Waals surface area (Å²) in [4.78, 5) is 30.8. The molecule has 1 aliphatic heterocycles. The molecule has 1 aromatic carbocycles. The van der Waals surface area contributed by atoms with E-state index in [0.717, 1.165) is 21.5 Å². The number of hydrogen-bond acceptors (Lipinski definition) is 9. The number of hydrogen-bond donors (Lipinski definition) is 1. The van der Waals surface area contributed by atoms with Crippen molar-refractivity contribution in [1.82, 2.24) is 19.6 Å². The SMILES string of the molecule is CCOc1nc2sc3c(c2c2nnc(SCC(=O)Nc4ccc(C(C)=O)cc4)n12)CC(C)(C)OC3. The number of anilines is 1. The maximum Gasteiger partial charge on any atom is 0.305 e. The topological polar surface area (TPSA) is 108 Å². The molecular weight excluding hydrogens is 486 g/mol. The van der Waals surface area contributed by atoms with E-state index in [2.05, 4.69) is 29.4 Å². The van der Waals surface area contributed by atoms with Gasteiger partial charge in [0.05, 0.1) is 30.0 Å². The fourth-order valence-electron chi connectivity index (χ4n) is 4.02. The molecule has 0 bridgehead atoms. The van der Waals surface area contributed by atoms with E-state index in [1.165, 1.54) is 24.2 Å². The second-order valence-electron chi connectivity index (χ2n) is 8.85. The molecule has 4 aromatic rings. The molecule has 5 rings (SSSR count). The van der Waals surface area contributed by atoms with E-state index in [4.69, 9.17) is 14.5 Å². The number of nitrogens with zero attached hydrogens (tertiary/aromatic N) is 4. The summed E-state index contributed by atoms with van der Waals surface area (Å²) < 4.78 is 13.6. The highest BCUT2D eigenvalue weighted by molar-refractivity contribution is 7.99. The molecule has 0 radical (unpaired) electrons. The van der Waals surface area contributed by atoms with Gasteiger partial charge in [-0.2, -0.15) is 4.98 Å². The molecule has 1 N–H and O–H groups in total. The number of nitrogens with one attached hydrogen (secondary N) is 1. The van der Waals surface area contributed by atoms with Crippen LogP contribution >= 0.6 is 23.1 Å². The van der Waals surface area contributed by atoms with Crippen molar-refractivity contribution >= 4 is 56.3 Å². The molecular formula is C24H25N5O4S2. The van der Waals surface area contributed by atoms with Crippen LogP contribution in [0.2, 0.25) is 0 Å². The molecule has 0 unspecified atom stereocenters. The monoisotopic (exact) mass is 511 g/mol. The number of rotatable bonds is 7. The molecule has 11 heteroatoms. The van der Waals surface area contributed by atoms with E-state index in [1.54, 1.807) is 40.0 Å². The average molecular weight is 512 g/mol. The molecule has 0 atom stereocenters. The van der Waals surface area contributed by atoms with Crippen molar-refractivity contribution in [3.05, 3.63) is 40.3 Å². The molecule has 0 fully saturated rings. The molecule has 4 heterocycles. The van der Waals surface area contributed by atoms with Crippen LogP contribution in [-0.2, 0) is 22.6 Å². The van der Waals surface area contributed by atoms with Crippen molar-refractivity contribution in [1.29, 1.82) is 0 Å². The summed E-state index contributed by atoms with van der Waals surface area (Å²) in [6.45, 7) is 8.55. The van der Waals surface area contributed by atoms with Crippen molar-refractivity contribution in [3.8, 4) is 6.01 Å². The lowest BCUT2D eigenvalue weighted by Gasteiger charge is -2.30. The van der Waals surface area contributed by atoms with Crippen molar-refractivity contribution in [2.75, 3.05) is 17.7 Å². The molecule has 9 nitrogen and oxygen atoms in total. The van der Waals surface area contributed by atoms with Crippen molar-refractivity contribution < 1.29 is 19.1 Å². The average Bonchev–Trinajstić information content (AvgIpc) is 3.38. The van der Waals surface area contributed by atoms with Gasteiger partial charge in [0, 0.05) is 22.5 Å². The third-order valence-electron chi connectivity index (χ3n) is 5.70. The first-order valence-electron chi connectivity index (χ1n) is 11.3. The number of ketones is 1. The van der Waals surface area contributed by atoms with E-state index < -0.39 is 0 Å². The van der Waals surface area contributed by atoms with Gasteiger partial charge in [0.15, 0.2) is 16.6 Å². The Morgan fingerprint density at radius 2 is 2.03 bits per heavy atom. The van der Waals surface area contributed by atoms with Gasteiger partial charge in [0.25, 0.3) is 0 Å². The third kappa shape index (κ3) is 4.63. The first-order valence-corrected chi connectivity index (χ1v) is 13.1. The lowest BCUT2D eigenvalue weighted by molar-refractivity contribution is -0.113. The molecule has 182 valence electrons. The summed E-state index contributed by atoms with van der Waals surface area (Å²) in [5.74, 6) is -0.0874. The Kier molecular flexibility index (Phi) is 6.24. The number of ether oxygens (including phenoxy) is 2. The van der Waals surface area contributed by atoms with Crippen LogP contribution < -0.4 is 10.1 Å². The smallest absolute Gasteiger partial charge is 0.305 e. The zero-order chi connectivity index (χ0) is 24.7. The number of thioether (sulfide) groups is 1. The molecule has 0 aliphatic carbocycles. The number of thiophene rings is 1. The largest absolute Gasteiger partial charge is 0.465 e. The highest BCUT2D eigenvalue weighted by Gasteiger charge is 2.32. The molecule has 35 heavy (non-hydrogen) atoms. The Balaban J connectivity index is 1.43. The number of benzene rings is 1. The molecule has 0 saturated carbocycles. The fourth-order valence-corrected chi connectivity index (χ4v) is 5.84. The number of carbonyl (C=O) groups excluding carboxylic acids is 2. The van der Waals surface area contributed by atoms with Crippen molar-refractivity contribution in [2.45, 2.75) is 51.5 Å². The second-order valence-corrected chi connectivity index (χ2v) is 10.9. The Morgan fingerprint density at radius 3 is 2.74 bits per heavy atom. The Labute approximate surface area is 210 Å². The van der Waals surface area contributed by atoms with Gasteiger partial charge in [-0.05, 0) is 57.5 Å². The van der Waals surface area contributed by atoms with Gasteiger partial charge in [-0.3, -0.25) is 9.59 Å². The van der Waals surface area contributed by atoms with Gasteiger partial charge in [-0.1, -0.05) is 11.8 Å². The van der Waals surface area contributed by atoms with E-state index in [1.807, 2.05) is 6.92 Å². The summed E-state index contributed by atoms with van der Waals surface area (Å²) in [7, 11) is 0. The van der Waals surface area contributed by atoms with Gasteiger partial charge in [0.2, 0.25) is 5.91 Å². The number of Topliss-reactive ketones (excluding diaryl/α,β-unsaturated/α-hetero) is 1. The summed E-state index contributed by atoms with van der Waals surface area (Å²) >= 11 is 2.86. The van der Waals surface area contributed by atoms with Crippen LogP contribution in [0.1, 0.15) is 48.5 Å². The summed E-state index contributed by atoms with van der Waals surface area (Å²) in [5.41, 5.74) is 2.82. The van der Waals surface area contributed by atoms with Crippen molar-refractivity contribution in [3.63, 3.8) is 0 Å². The van der Waals surface area contributed by atoms with Crippen LogP contribution in [0.4, 0.5) is 5.69 Å². The summed E-state index contributed by atoms with van der Waals surface area (Å²) in [5, 5.41) is 13.2. The predicted molar refractivity (Wildman–Crippen MR) is 136 cm³/mol. The lowest BCUT2D eigenvalue weighted by atomic mass is 9.94. The summed E-state index contributed by atoms with van der Waals surface area (Å²) in [6.07, 6.45) is 0.758. The van der Waals surface area contributed by atoms with Crippen LogP contribution in [0.15, 0.2) is 29.4 Å². The fraction of sp³-hybridized carbons (Fsp3) is 0.375. The maximum absolute atomic E-state index is 12.6. The first-order chi connectivity index (χ1) is 16.8. The molecule has 1 aliphatic rings. The minimum atomic E-state index is -0.269. The zero-order valence-electron chi connectivity index (χ0n) is 19.9. The normalized spacial score (nSPS) is 14.7. The van der Waals surface area contributed by atoms with Crippen LogP contribution in [0.5, 0.6) is 6.01 Å². The quantitative estimate of drug-likeness (QED) is 0.285. The van der Waals surface area contributed by atoms with Gasteiger partial charge >= 0.3 is 6.01 Å². The minimum absolute atomic E-state index is 0.0204. The predicted octanol–water partition coefficient (Wildman–Crippen LogP) is 4.52. The van der Waals surface area contributed by atoms with Gasteiger partial charge in [0.1, 0.15) is 4.83 Å². The highest BCUT2D eigenvalue weighted by Crippen LogP contribution is 2.41. The zero-order valence-corrected chi connectivity index (χ0v) is 21.5. The Bertz CT molecular complexity index is 1440. The number of aromatic nitrogens is 4. The van der Waals surface area contributed by atoms with Gasteiger partial charge < -0.3 is 14.8 Å². The number of carbonyl (C=O) groups is 2. The maximum atomic E-state index is 12.6. The van der Waals surface area contributed by atoms with Crippen LogP contribution in [0.25, 0.3) is 15.9 Å². The number of fused-ring (bicyclic) bond motifs is 5. The Hall–Kier alpha value is -3.02. The van der Waals surface area contributed by atoms with Crippen molar-refractivity contribution in [2.24, 2.45) is 0 Å². The van der Waals surface area contributed by atoms with E-state index in [9.17, 15) is 9.59 Å². The molecule has 0 saturated heterocycles. The van der Waals surface area contributed by atoms with Crippen LogP contribution in [0, 0.1) is 0 Å². The highest BCUT2D eigenvalue weighted by atomic mass is 32.2. The molecule has 3 aromatic heterocycles.